The number of aromatic nitrogens is 2. The Kier molecular flexibility index (Phi) is 10.6. The molecule has 2 aromatic heterocycles. The van der Waals surface area contributed by atoms with E-state index in [-0.39, 0.29) is 24.0 Å². The number of hydrogen-bond acceptors (Lipinski definition) is 5. The van der Waals surface area contributed by atoms with E-state index >= 15 is 0 Å². The van der Waals surface area contributed by atoms with E-state index in [1.165, 1.54) is 42.1 Å². The van der Waals surface area contributed by atoms with Crippen molar-refractivity contribution >= 4 is 41.3 Å². The Morgan fingerprint density at radius 2 is 2.07 bits per heavy atom. The van der Waals surface area contributed by atoms with Gasteiger partial charge in [-0.2, -0.15) is 5.10 Å². The summed E-state index contributed by atoms with van der Waals surface area (Å²) in [5.41, 5.74) is 3.45. The summed E-state index contributed by atoms with van der Waals surface area (Å²) in [5, 5.41) is 13.8. The molecule has 1 unspecified atom stereocenters. The number of guanidine groups is 1. The Balaban J connectivity index is 0.00000320. The first-order valence-electron chi connectivity index (χ1n) is 10.4. The van der Waals surface area contributed by atoms with Crippen LogP contribution in [0.25, 0.3) is 0 Å². The summed E-state index contributed by atoms with van der Waals surface area (Å²) in [4.78, 5) is 8.43. The van der Waals surface area contributed by atoms with Gasteiger partial charge < -0.3 is 15.4 Å². The van der Waals surface area contributed by atoms with Gasteiger partial charge in [-0.05, 0) is 51.2 Å². The molecule has 0 saturated carbocycles. The minimum atomic E-state index is 0. The zero-order valence-corrected chi connectivity index (χ0v) is 21.6. The van der Waals surface area contributed by atoms with Gasteiger partial charge in [0.2, 0.25) is 0 Å². The summed E-state index contributed by atoms with van der Waals surface area (Å²) in [6, 6.07) is 4.78. The Morgan fingerprint density at radius 3 is 2.70 bits per heavy atom. The molecule has 3 heterocycles. The topological polar surface area (TPSA) is 66.7 Å². The second kappa shape index (κ2) is 12.6. The molecule has 1 atom stereocenters. The molecule has 0 bridgehead atoms. The van der Waals surface area contributed by atoms with E-state index in [1.807, 2.05) is 23.1 Å². The molecule has 1 saturated heterocycles. The van der Waals surface area contributed by atoms with Crippen LogP contribution in [-0.4, -0.2) is 61.0 Å². The average Bonchev–Trinajstić information content (AvgIpc) is 3.47. The highest BCUT2D eigenvalue weighted by Crippen LogP contribution is 2.27. The monoisotopic (exact) mass is 546 g/mol. The van der Waals surface area contributed by atoms with Crippen LogP contribution in [0, 0.1) is 13.8 Å². The minimum Gasteiger partial charge on any atom is -0.383 e. The number of aliphatic imine (C=N–C) groups is 1. The van der Waals surface area contributed by atoms with Gasteiger partial charge in [0.05, 0.1) is 24.9 Å². The van der Waals surface area contributed by atoms with Crippen LogP contribution in [-0.2, 0) is 17.8 Å². The molecule has 0 spiro atoms. The maximum Gasteiger partial charge on any atom is 0.191 e. The summed E-state index contributed by atoms with van der Waals surface area (Å²) >= 11 is 1.84. The smallest absolute Gasteiger partial charge is 0.191 e. The summed E-state index contributed by atoms with van der Waals surface area (Å²) in [6.45, 7) is 9.52. The van der Waals surface area contributed by atoms with Crippen LogP contribution >= 0.6 is 35.3 Å². The van der Waals surface area contributed by atoms with Crippen LogP contribution in [0.3, 0.4) is 0 Å². The lowest BCUT2D eigenvalue weighted by Crippen LogP contribution is -2.42. The van der Waals surface area contributed by atoms with Crippen molar-refractivity contribution < 1.29 is 4.74 Å². The Labute approximate surface area is 201 Å². The van der Waals surface area contributed by atoms with E-state index < -0.39 is 0 Å². The first-order chi connectivity index (χ1) is 14.1. The van der Waals surface area contributed by atoms with Crippen LogP contribution < -0.4 is 10.6 Å². The van der Waals surface area contributed by atoms with Crippen LogP contribution in [0.5, 0.6) is 0 Å². The first kappa shape index (κ1) is 25.1. The number of rotatable bonds is 9. The molecule has 0 amide bonds. The fourth-order valence-corrected chi connectivity index (χ4v) is 4.78. The molecule has 0 radical (unpaired) electrons. The number of likely N-dealkylation sites (tertiary alicyclic amines) is 1. The van der Waals surface area contributed by atoms with Crippen LogP contribution in [0.1, 0.15) is 40.7 Å². The molecule has 1 aliphatic heterocycles. The molecular formula is C21H35IN6OS. The van der Waals surface area contributed by atoms with Crippen molar-refractivity contribution in [3.8, 4) is 0 Å². The van der Waals surface area contributed by atoms with Gasteiger partial charge in [0, 0.05) is 43.4 Å². The lowest BCUT2D eigenvalue weighted by atomic mass is 10.2. The Bertz CT molecular complexity index is 786. The van der Waals surface area contributed by atoms with Crippen LogP contribution in [0.4, 0.5) is 0 Å². The van der Waals surface area contributed by atoms with Gasteiger partial charge in [-0.25, -0.2) is 0 Å². The first-order valence-corrected chi connectivity index (χ1v) is 11.3. The van der Waals surface area contributed by atoms with Crippen molar-refractivity contribution in [3.05, 3.63) is 39.3 Å². The van der Waals surface area contributed by atoms with Gasteiger partial charge in [0.15, 0.2) is 5.96 Å². The number of aryl methyl sites for hydroxylation is 1. The maximum atomic E-state index is 5.18. The summed E-state index contributed by atoms with van der Waals surface area (Å²) in [5.74, 6) is 0.828. The third kappa shape index (κ3) is 6.41. The maximum absolute atomic E-state index is 5.18. The molecule has 7 nitrogen and oxygen atoms in total. The predicted octanol–water partition coefficient (Wildman–Crippen LogP) is 3.33. The number of thiophene rings is 1. The van der Waals surface area contributed by atoms with Crippen molar-refractivity contribution in [1.29, 1.82) is 0 Å². The Hall–Kier alpha value is -1.17. The highest BCUT2D eigenvalue weighted by Gasteiger charge is 2.24. The minimum absolute atomic E-state index is 0. The number of halogens is 1. The van der Waals surface area contributed by atoms with Crippen LogP contribution in [0.15, 0.2) is 22.5 Å². The lowest BCUT2D eigenvalue weighted by molar-refractivity contribution is 0.182. The zero-order valence-electron chi connectivity index (χ0n) is 18.5. The molecule has 3 rings (SSSR count). The van der Waals surface area contributed by atoms with Gasteiger partial charge in [0.1, 0.15) is 0 Å². The van der Waals surface area contributed by atoms with Crippen molar-refractivity contribution in [1.82, 2.24) is 25.3 Å². The normalized spacial score (nSPS) is 15.8. The summed E-state index contributed by atoms with van der Waals surface area (Å²) in [6.07, 6.45) is 2.58. The van der Waals surface area contributed by atoms with Crippen molar-refractivity contribution in [2.24, 2.45) is 4.99 Å². The molecule has 2 aromatic rings. The second-order valence-electron chi connectivity index (χ2n) is 7.45. The second-order valence-corrected chi connectivity index (χ2v) is 8.43. The lowest BCUT2D eigenvalue weighted by Gasteiger charge is -2.27. The van der Waals surface area contributed by atoms with E-state index in [0.29, 0.717) is 19.2 Å². The molecule has 1 fully saturated rings. The highest BCUT2D eigenvalue weighted by atomic mass is 127. The molecule has 168 valence electrons. The van der Waals surface area contributed by atoms with Crippen molar-refractivity contribution in [2.75, 3.05) is 40.4 Å². The number of methoxy groups -OCH3 is 1. The van der Waals surface area contributed by atoms with E-state index in [9.17, 15) is 0 Å². The third-order valence-electron chi connectivity index (χ3n) is 5.61. The summed E-state index contributed by atoms with van der Waals surface area (Å²) in [7, 11) is 3.54. The standard InChI is InChI=1S/C21H34N6OS.HI/c1-16-18(17(2)27(25-16)11-12-28-4)14-23-21(22-3)24-15-19(20-8-7-13-29-20)26-9-5-6-10-26;/h7-8,13,19H,5-6,9-12,14-15H2,1-4H3,(H2,22,23,24);1H. The number of ether oxygens (including phenoxy) is 1. The highest BCUT2D eigenvalue weighted by molar-refractivity contribution is 14.0. The van der Waals surface area contributed by atoms with Gasteiger partial charge in [0.25, 0.3) is 0 Å². The number of nitrogens with zero attached hydrogens (tertiary/aromatic N) is 4. The van der Waals surface area contributed by atoms with Gasteiger partial charge in [-0.15, -0.1) is 35.3 Å². The molecular weight excluding hydrogens is 511 g/mol. The predicted molar refractivity (Wildman–Crippen MR) is 135 cm³/mol. The number of nitrogens with one attached hydrogen (secondary N) is 2. The fraction of sp³-hybridized carbons (Fsp3) is 0.619. The Morgan fingerprint density at radius 1 is 1.30 bits per heavy atom. The van der Waals surface area contributed by atoms with Crippen LogP contribution in [0.2, 0.25) is 0 Å². The fourth-order valence-electron chi connectivity index (χ4n) is 3.92. The molecule has 1 aliphatic rings. The van der Waals surface area contributed by atoms with E-state index in [1.54, 1.807) is 7.11 Å². The summed E-state index contributed by atoms with van der Waals surface area (Å²) < 4.78 is 7.20. The third-order valence-corrected chi connectivity index (χ3v) is 6.58. The largest absolute Gasteiger partial charge is 0.383 e. The quantitative estimate of drug-likeness (QED) is 0.287. The van der Waals surface area contributed by atoms with Gasteiger partial charge in [-0.1, -0.05) is 6.07 Å². The molecule has 0 aromatic carbocycles. The van der Waals surface area contributed by atoms with Crippen molar-refractivity contribution in [3.63, 3.8) is 0 Å². The average molecular weight is 547 g/mol. The molecule has 30 heavy (non-hydrogen) atoms. The van der Waals surface area contributed by atoms with E-state index in [2.05, 4.69) is 57.0 Å². The number of hydrogen-bond donors (Lipinski definition) is 2. The SMILES string of the molecule is CN=C(NCc1c(C)nn(CCOC)c1C)NCC(c1cccs1)N1CCCC1.I. The molecule has 2 N–H and O–H groups in total. The molecule has 9 heteroatoms. The zero-order chi connectivity index (χ0) is 20.6. The van der Waals surface area contributed by atoms with Crippen molar-refractivity contribution in [2.45, 2.75) is 45.8 Å². The van der Waals surface area contributed by atoms with Gasteiger partial charge >= 0.3 is 0 Å². The van der Waals surface area contributed by atoms with E-state index in [0.717, 1.165) is 24.7 Å². The van der Waals surface area contributed by atoms with Gasteiger partial charge in [-0.3, -0.25) is 14.6 Å². The molecule has 0 aliphatic carbocycles. The van der Waals surface area contributed by atoms with E-state index in [4.69, 9.17) is 4.74 Å².